The molecule has 1 aromatic carbocycles. The first-order chi connectivity index (χ1) is 8.74. The highest BCUT2D eigenvalue weighted by atomic mass is 35.5. The molecule has 0 bridgehead atoms. The van der Waals surface area contributed by atoms with Crippen molar-refractivity contribution in [3.05, 3.63) is 41.2 Å². The molecule has 1 amide bonds. The third-order valence-corrected chi connectivity index (χ3v) is 2.71. The Kier molecular flexibility index (Phi) is 5.82. The predicted octanol–water partition coefficient (Wildman–Crippen LogP) is 2.11. The van der Waals surface area contributed by atoms with Gasteiger partial charge < -0.3 is 15.6 Å². The van der Waals surface area contributed by atoms with Gasteiger partial charge in [0.2, 0.25) is 0 Å². The minimum atomic E-state index is -0.330. The van der Waals surface area contributed by atoms with Crippen molar-refractivity contribution in [1.82, 2.24) is 10.5 Å². The van der Waals surface area contributed by atoms with Gasteiger partial charge in [-0.05, 0) is 6.07 Å². The van der Waals surface area contributed by atoms with E-state index in [0.29, 0.717) is 29.2 Å². The zero-order valence-electron chi connectivity index (χ0n) is 9.93. The molecule has 0 aliphatic carbocycles. The fourth-order valence-electron chi connectivity index (χ4n) is 1.54. The Hall–Kier alpha value is -1.56. The van der Waals surface area contributed by atoms with Crippen LogP contribution in [0.1, 0.15) is 10.5 Å². The lowest BCUT2D eigenvalue weighted by atomic mass is 10.1. The van der Waals surface area contributed by atoms with Gasteiger partial charge in [0.25, 0.3) is 5.91 Å². The molecule has 2 aromatic rings. The Morgan fingerprint density at radius 3 is 2.79 bits per heavy atom. The number of nitrogens with zero attached hydrogens (tertiary/aromatic N) is 1. The number of halogens is 2. The van der Waals surface area contributed by atoms with Gasteiger partial charge in [-0.2, -0.15) is 0 Å². The fourth-order valence-corrected chi connectivity index (χ4v) is 1.78. The lowest BCUT2D eigenvalue weighted by Gasteiger charge is -2.04. The molecule has 0 radical (unpaired) electrons. The first-order valence-corrected chi connectivity index (χ1v) is 5.79. The van der Waals surface area contributed by atoms with Crippen LogP contribution in [0.2, 0.25) is 5.02 Å². The van der Waals surface area contributed by atoms with E-state index < -0.39 is 0 Å². The summed E-state index contributed by atoms with van der Waals surface area (Å²) in [6.07, 6.45) is 1.40. The molecule has 0 unspecified atom stereocenters. The second kappa shape index (κ2) is 7.13. The maximum absolute atomic E-state index is 11.8. The number of amides is 1. The molecule has 1 aromatic heterocycles. The molecule has 0 saturated heterocycles. The van der Waals surface area contributed by atoms with Gasteiger partial charge in [-0.15, -0.1) is 12.4 Å². The maximum atomic E-state index is 11.8. The van der Waals surface area contributed by atoms with Crippen molar-refractivity contribution in [2.45, 2.75) is 0 Å². The lowest BCUT2D eigenvalue weighted by molar-refractivity contribution is 0.0946. The highest BCUT2D eigenvalue weighted by Gasteiger charge is 2.18. The summed E-state index contributed by atoms with van der Waals surface area (Å²) in [7, 11) is 0. The number of benzene rings is 1. The molecule has 0 aliphatic heterocycles. The Labute approximate surface area is 121 Å². The molecule has 102 valence electrons. The Bertz CT molecular complexity index is 557. The molecular formula is C12H13Cl2N3O2. The number of carbonyl (C=O) groups excluding carboxylic acids is 1. The summed E-state index contributed by atoms with van der Waals surface area (Å²) >= 11 is 6.08. The summed E-state index contributed by atoms with van der Waals surface area (Å²) in [5, 5.41) is 6.87. The Morgan fingerprint density at radius 2 is 2.11 bits per heavy atom. The van der Waals surface area contributed by atoms with Gasteiger partial charge in [0, 0.05) is 23.7 Å². The van der Waals surface area contributed by atoms with Crippen molar-refractivity contribution in [2.24, 2.45) is 5.73 Å². The molecule has 7 heteroatoms. The molecule has 0 saturated carbocycles. The molecule has 1 heterocycles. The number of hydrogen-bond acceptors (Lipinski definition) is 4. The van der Waals surface area contributed by atoms with E-state index in [-0.39, 0.29) is 24.0 Å². The van der Waals surface area contributed by atoms with Gasteiger partial charge in [-0.1, -0.05) is 35.0 Å². The minimum absolute atomic E-state index is 0. The summed E-state index contributed by atoms with van der Waals surface area (Å²) in [4.78, 5) is 11.8. The first kappa shape index (κ1) is 15.5. The standard InChI is InChI=1S/C12H12ClN3O2.ClH/c13-10-4-2-1-3-8(10)9-7-18-16-11(9)12(17)15-6-5-14;/h1-4,7H,5-6,14H2,(H,15,17);1H. The second-order valence-corrected chi connectivity index (χ2v) is 4.01. The first-order valence-electron chi connectivity index (χ1n) is 5.41. The number of rotatable bonds is 4. The van der Waals surface area contributed by atoms with Crippen LogP contribution in [0, 0.1) is 0 Å². The van der Waals surface area contributed by atoms with Crippen LogP contribution in [0.5, 0.6) is 0 Å². The topological polar surface area (TPSA) is 81.1 Å². The van der Waals surface area contributed by atoms with Crippen molar-refractivity contribution >= 4 is 29.9 Å². The van der Waals surface area contributed by atoms with E-state index in [0.717, 1.165) is 0 Å². The van der Waals surface area contributed by atoms with Crippen LogP contribution in [-0.2, 0) is 0 Å². The van der Waals surface area contributed by atoms with Crippen molar-refractivity contribution in [3.8, 4) is 11.1 Å². The zero-order chi connectivity index (χ0) is 13.0. The molecule has 0 aliphatic rings. The van der Waals surface area contributed by atoms with Gasteiger partial charge in [0.15, 0.2) is 5.69 Å². The van der Waals surface area contributed by atoms with Crippen LogP contribution in [0.15, 0.2) is 35.1 Å². The van der Waals surface area contributed by atoms with E-state index in [1.165, 1.54) is 6.26 Å². The second-order valence-electron chi connectivity index (χ2n) is 3.60. The number of hydrogen-bond donors (Lipinski definition) is 2. The largest absolute Gasteiger partial charge is 0.363 e. The summed E-state index contributed by atoms with van der Waals surface area (Å²) in [5.41, 5.74) is 6.80. The van der Waals surface area contributed by atoms with Crippen LogP contribution >= 0.6 is 24.0 Å². The minimum Gasteiger partial charge on any atom is -0.363 e. The van der Waals surface area contributed by atoms with E-state index in [2.05, 4.69) is 10.5 Å². The molecule has 0 fully saturated rings. The van der Waals surface area contributed by atoms with Crippen LogP contribution in [0.3, 0.4) is 0 Å². The summed E-state index contributed by atoms with van der Waals surface area (Å²) in [6, 6.07) is 7.18. The van der Waals surface area contributed by atoms with Crippen molar-refractivity contribution in [3.63, 3.8) is 0 Å². The monoisotopic (exact) mass is 301 g/mol. The molecular weight excluding hydrogens is 289 g/mol. The number of nitrogens with one attached hydrogen (secondary N) is 1. The van der Waals surface area contributed by atoms with Crippen LogP contribution in [0.4, 0.5) is 0 Å². The van der Waals surface area contributed by atoms with Gasteiger partial charge in [0.05, 0.1) is 5.56 Å². The average molecular weight is 302 g/mol. The summed E-state index contributed by atoms with van der Waals surface area (Å²) in [5.74, 6) is -0.330. The number of aromatic nitrogens is 1. The highest BCUT2D eigenvalue weighted by molar-refractivity contribution is 6.33. The summed E-state index contributed by atoms with van der Waals surface area (Å²) < 4.78 is 4.86. The van der Waals surface area contributed by atoms with E-state index in [4.69, 9.17) is 21.9 Å². The van der Waals surface area contributed by atoms with Crippen molar-refractivity contribution < 1.29 is 9.32 Å². The van der Waals surface area contributed by atoms with Gasteiger partial charge in [-0.25, -0.2) is 0 Å². The molecule has 0 atom stereocenters. The SMILES string of the molecule is Cl.NCCNC(=O)c1nocc1-c1ccccc1Cl. The van der Waals surface area contributed by atoms with E-state index in [1.807, 2.05) is 12.1 Å². The van der Waals surface area contributed by atoms with E-state index in [9.17, 15) is 4.79 Å². The van der Waals surface area contributed by atoms with E-state index in [1.54, 1.807) is 12.1 Å². The van der Waals surface area contributed by atoms with Crippen LogP contribution in [-0.4, -0.2) is 24.2 Å². The quantitative estimate of drug-likeness (QED) is 0.906. The van der Waals surface area contributed by atoms with E-state index >= 15 is 0 Å². The molecule has 3 N–H and O–H groups in total. The maximum Gasteiger partial charge on any atom is 0.274 e. The number of carbonyl (C=O) groups is 1. The molecule has 0 spiro atoms. The third kappa shape index (κ3) is 3.47. The van der Waals surface area contributed by atoms with Gasteiger partial charge in [-0.3, -0.25) is 4.79 Å². The third-order valence-electron chi connectivity index (χ3n) is 2.38. The van der Waals surface area contributed by atoms with Crippen molar-refractivity contribution in [2.75, 3.05) is 13.1 Å². The van der Waals surface area contributed by atoms with Crippen molar-refractivity contribution in [1.29, 1.82) is 0 Å². The average Bonchev–Trinajstić information content (AvgIpc) is 2.85. The molecule has 5 nitrogen and oxygen atoms in total. The van der Waals surface area contributed by atoms with Crippen LogP contribution in [0.25, 0.3) is 11.1 Å². The lowest BCUT2D eigenvalue weighted by Crippen LogP contribution is -2.29. The normalized spacial score (nSPS) is 9.79. The summed E-state index contributed by atoms with van der Waals surface area (Å²) in [6.45, 7) is 0.749. The zero-order valence-corrected chi connectivity index (χ0v) is 11.5. The smallest absolute Gasteiger partial charge is 0.274 e. The highest BCUT2D eigenvalue weighted by Crippen LogP contribution is 2.29. The number of nitrogens with two attached hydrogens (primary N) is 1. The van der Waals surface area contributed by atoms with Crippen LogP contribution < -0.4 is 11.1 Å². The van der Waals surface area contributed by atoms with Gasteiger partial charge >= 0.3 is 0 Å². The Morgan fingerprint density at radius 1 is 1.37 bits per heavy atom. The molecule has 19 heavy (non-hydrogen) atoms. The Balaban J connectivity index is 0.00000180. The predicted molar refractivity (Wildman–Crippen MR) is 75.6 cm³/mol. The van der Waals surface area contributed by atoms with Gasteiger partial charge in [0.1, 0.15) is 6.26 Å². The molecule has 2 rings (SSSR count). The fraction of sp³-hybridized carbons (Fsp3) is 0.167.